The largest absolute Gasteiger partial charge is 0.338 e. The number of piperazine rings is 1. The van der Waals surface area contributed by atoms with E-state index in [1.54, 1.807) is 6.07 Å². The van der Waals surface area contributed by atoms with Crippen molar-refractivity contribution >= 4 is 24.2 Å². The molecule has 1 saturated heterocycles. The Bertz CT molecular complexity index is 396. The summed E-state index contributed by atoms with van der Waals surface area (Å²) in [5.41, 5.74) is 0.760. The van der Waals surface area contributed by atoms with Crippen molar-refractivity contribution in [3.05, 3.63) is 11.8 Å². The van der Waals surface area contributed by atoms with Gasteiger partial charge in [0.05, 0.1) is 12.2 Å². The fourth-order valence-corrected chi connectivity index (χ4v) is 1.90. The molecule has 1 aromatic rings. The summed E-state index contributed by atoms with van der Waals surface area (Å²) >= 11 is 0. The molecule has 1 fully saturated rings. The predicted octanol–water partition coefficient (Wildman–Crippen LogP) is 0.637. The van der Waals surface area contributed by atoms with E-state index < -0.39 is 0 Å². The first kappa shape index (κ1) is 14.9. The zero-order chi connectivity index (χ0) is 12.3. The molecule has 0 spiro atoms. The summed E-state index contributed by atoms with van der Waals surface area (Å²) in [7, 11) is 0. The van der Waals surface area contributed by atoms with Gasteiger partial charge in [-0.05, 0) is 13.8 Å². The highest BCUT2D eigenvalue weighted by Crippen LogP contribution is 2.09. The lowest BCUT2D eigenvalue weighted by Crippen LogP contribution is -2.51. The summed E-state index contributed by atoms with van der Waals surface area (Å²) in [5.74, 6) is 0.352. The average Bonchev–Trinajstić information content (AvgIpc) is 2.67. The molecule has 102 valence electrons. The molecular formula is C11H19ClN4O2. The van der Waals surface area contributed by atoms with Gasteiger partial charge in [-0.1, -0.05) is 5.16 Å². The van der Waals surface area contributed by atoms with E-state index in [0.717, 1.165) is 25.3 Å². The van der Waals surface area contributed by atoms with Gasteiger partial charge in [0, 0.05) is 31.7 Å². The van der Waals surface area contributed by atoms with E-state index in [4.69, 9.17) is 4.52 Å². The second-order valence-corrected chi connectivity index (χ2v) is 4.40. The quantitative estimate of drug-likeness (QED) is 0.846. The van der Waals surface area contributed by atoms with E-state index in [9.17, 15) is 4.79 Å². The Balaban J connectivity index is 0.00000162. The van der Waals surface area contributed by atoms with E-state index in [-0.39, 0.29) is 18.3 Å². The second kappa shape index (κ2) is 6.72. The number of anilines is 1. The van der Waals surface area contributed by atoms with Crippen LogP contribution in [0.3, 0.4) is 0 Å². The number of hydrogen-bond donors (Lipinski definition) is 2. The molecule has 2 heterocycles. The zero-order valence-electron chi connectivity index (χ0n) is 10.6. The standard InChI is InChI=1S/C11H18N4O2.ClH/c1-8-5-11(17-14-8)13-10(16)7-15-4-3-12-6-9(15)2;/h5,9,12H,3-4,6-7H2,1-2H3,(H,13,16);1H/t9-;/m0./s1. The Morgan fingerprint density at radius 2 is 2.50 bits per heavy atom. The number of aromatic nitrogens is 1. The monoisotopic (exact) mass is 274 g/mol. The molecule has 0 saturated carbocycles. The molecule has 0 radical (unpaired) electrons. The van der Waals surface area contributed by atoms with Crippen LogP contribution in [0.4, 0.5) is 5.88 Å². The lowest BCUT2D eigenvalue weighted by molar-refractivity contribution is -0.118. The van der Waals surface area contributed by atoms with Crippen molar-refractivity contribution < 1.29 is 9.32 Å². The maximum Gasteiger partial charge on any atom is 0.240 e. The molecule has 0 bridgehead atoms. The van der Waals surface area contributed by atoms with Gasteiger partial charge >= 0.3 is 0 Å². The fourth-order valence-electron chi connectivity index (χ4n) is 1.90. The molecule has 18 heavy (non-hydrogen) atoms. The first-order valence-electron chi connectivity index (χ1n) is 5.83. The van der Waals surface area contributed by atoms with Gasteiger partial charge in [-0.3, -0.25) is 15.0 Å². The van der Waals surface area contributed by atoms with Crippen molar-refractivity contribution in [3.8, 4) is 0 Å². The van der Waals surface area contributed by atoms with Gasteiger partial charge in [0.1, 0.15) is 0 Å². The summed E-state index contributed by atoms with van der Waals surface area (Å²) in [5, 5.41) is 9.71. The van der Waals surface area contributed by atoms with Crippen molar-refractivity contribution in [1.29, 1.82) is 0 Å². The van der Waals surface area contributed by atoms with Crippen LogP contribution < -0.4 is 10.6 Å². The fraction of sp³-hybridized carbons (Fsp3) is 0.636. The number of nitrogens with one attached hydrogen (secondary N) is 2. The van der Waals surface area contributed by atoms with E-state index in [1.165, 1.54) is 0 Å². The lowest BCUT2D eigenvalue weighted by Gasteiger charge is -2.33. The van der Waals surface area contributed by atoms with Gasteiger partial charge in [-0.15, -0.1) is 12.4 Å². The number of nitrogens with zero attached hydrogens (tertiary/aromatic N) is 2. The number of halogens is 1. The highest BCUT2D eigenvalue weighted by Gasteiger charge is 2.20. The van der Waals surface area contributed by atoms with E-state index >= 15 is 0 Å². The van der Waals surface area contributed by atoms with E-state index in [1.807, 2.05) is 6.92 Å². The van der Waals surface area contributed by atoms with Gasteiger partial charge in [0.25, 0.3) is 0 Å². The number of rotatable bonds is 3. The second-order valence-electron chi connectivity index (χ2n) is 4.40. The van der Waals surface area contributed by atoms with Crippen LogP contribution in [0, 0.1) is 6.92 Å². The summed E-state index contributed by atoms with van der Waals surface area (Å²) in [6.07, 6.45) is 0. The van der Waals surface area contributed by atoms with Crippen molar-refractivity contribution in [2.45, 2.75) is 19.9 Å². The number of carbonyl (C=O) groups excluding carboxylic acids is 1. The highest BCUT2D eigenvalue weighted by molar-refractivity contribution is 5.91. The van der Waals surface area contributed by atoms with Gasteiger partial charge < -0.3 is 9.84 Å². The summed E-state index contributed by atoms with van der Waals surface area (Å²) < 4.78 is 4.94. The molecule has 7 heteroatoms. The van der Waals surface area contributed by atoms with Crippen molar-refractivity contribution in [3.63, 3.8) is 0 Å². The van der Waals surface area contributed by atoms with Gasteiger partial charge in [-0.2, -0.15) is 0 Å². The first-order chi connectivity index (χ1) is 8.15. The van der Waals surface area contributed by atoms with Crippen LogP contribution in [0.5, 0.6) is 0 Å². The summed E-state index contributed by atoms with van der Waals surface area (Å²) in [4.78, 5) is 13.9. The number of aryl methyl sites for hydroxylation is 1. The maximum absolute atomic E-state index is 11.8. The zero-order valence-corrected chi connectivity index (χ0v) is 11.4. The first-order valence-corrected chi connectivity index (χ1v) is 5.83. The molecule has 1 atom stereocenters. The molecule has 0 aromatic carbocycles. The smallest absolute Gasteiger partial charge is 0.240 e. The minimum Gasteiger partial charge on any atom is -0.338 e. The number of carbonyl (C=O) groups is 1. The predicted molar refractivity (Wildman–Crippen MR) is 71.0 cm³/mol. The molecule has 2 N–H and O–H groups in total. The Kier molecular flexibility index (Phi) is 5.58. The number of amides is 1. The van der Waals surface area contributed by atoms with Crippen molar-refractivity contribution in [2.75, 3.05) is 31.5 Å². The molecule has 2 rings (SSSR count). The third-order valence-electron chi connectivity index (χ3n) is 2.88. The molecular weight excluding hydrogens is 256 g/mol. The lowest BCUT2D eigenvalue weighted by atomic mass is 10.2. The molecule has 0 unspecified atom stereocenters. The van der Waals surface area contributed by atoms with Crippen molar-refractivity contribution in [2.24, 2.45) is 0 Å². The topological polar surface area (TPSA) is 70.4 Å². The van der Waals surface area contributed by atoms with Crippen molar-refractivity contribution in [1.82, 2.24) is 15.4 Å². The van der Waals surface area contributed by atoms with E-state index in [2.05, 4.69) is 27.6 Å². The van der Waals surface area contributed by atoms with Gasteiger partial charge in [0.15, 0.2) is 0 Å². The van der Waals surface area contributed by atoms with Crippen LogP contribution in [0.25, 0.3) is 0 Å². The molecule has 1 amide bonds. The maximum atomic E-state index is 11.8. The van der Waals surface area contributed by atoms with Gasteiger partial charge in [-0.25, -0.2) is 0 Å². The van der Waals surface area contributed by atoms with Crippen LogP contribution in [0.1, 0.15) is 12.6 Å². The Morgan fingerprint density at radius 1 is 1.72 bits per heavy atom. The minimum absolute atomic E-state index is 0. The SMILES string of the molecule is Cc1cc(NC(=O)CN2CCNC[C@@H]2C)on1.Cl. The molecule has 1 aromatic heterocycles. The van der Waals surface area contributed by atoms with Crippen LogP contribution in [-0.4, -0.2) is 48.2 Å². The van der Waals surface area contributed by atoms with Crippen LogP contribution in [-0.2, 0) is 4.79 Å². The van der Waals surface area contributed by atoms with Crippen LogP contribution in [0.2, 0.25) is 0 Å². The van der Waals surface area contributed by atoms with Crippen LogP contribution >= 0.6 is 12.4 Å². The average molecular weight is 275 g/mol. The molecule has 1 aliphatic heterocycles. The Morgan fingerprint density at radius 3 is 3.11 bits per heavy atom. The van der Waals surface area contributed by atoms with Crippen LogP contribution in [0.15, 0.2) is 10.6 Å². The Hall–Kier alpha value is -1.11. The van der Waals surface area contributed by atoms with Gasteiger partial charge in [0.2, 0.25) is 11.8 Å². The molecule has 6 nitrogen and oxygen atoms in total. The Labute approximate surface area is 112 Å². The third-order valence-corrected chi connectivity index (χ3v) is 2.88. The molecule has 1 aliphatic rings. The highest BCUT2D eigenvalue weighted by atomic mass is 35.5. The summed E-state index contributed by atoms with van der Waals surface area (Å²) in [6.45, 7) is 7.07. The summed E-state index contributed by atoms with van der Waals surface area (Å²) in [6, 6.07) is 2.09. The van der Waals surface area contributed by atoms with E-state index in [0.29, 0.717) is 18.5 Å². The third kappa shape index (κ3) is 3.97. The normalized spacial score (nSPS) is 20.2. The molecule has 0 aliphatic carbocycles. The minimum atomic E-state index is -0.0603. The number of hydrogen-bond acceptors (Lipinski definition) is 5.